The third kappa shape index (κ3) is 2.98. The van der Waals surface area contributed by atoms with E-state index in [1.54, 1.807) is 24.3 Å². The Bertz CT molecular complexity index is 519. The number of halogens is 2. The molecule has 0 aliphatic carbocycles. The van der Waals surface area contributed by atoms with E-state index in [1.807, 2.05) is 0 Å². The summed E-state index contributed by atoms with van der Waals surface area (Å²) in [7, 11) is 0. The zero-order valence-corrected chi connectivity index (χ0v) is 10.3. The van der Waals surface area contributed by atoms with E-state index in [1.165, 1.54) is 6.07 Å². The fourth-order valence-electron chi connectivity index (χ4n) is 1.17. The van der Waals surface area contributed by atoms with Crippen LogP contribution in [-0.4, -0.2) is 10.2 Å². The quantitative estimate of drug-likeness (QED) is 0.946. The lowest BCUT2D eigenvalue weighted by molar-refractivity contribution is 0.449. The van der Waals surface area contributed by atoms with Crippen molar-refractivity contribution in [3.8, 4) is 11.6 Å². The highest BCUT2D eigenvalue weighted by molar-refractivity contribution is 9.10. The van der Waals surface area contributed by atoms with Gasteiger partial charge >= 0.3 is 0 Å². The largest absolute Gasteiger partial charge is 0.437 e. The molecule has 4 nitrogen and oxygen atoms in total. The van der Waals surface area contributed by atoms with Crippen LogP contribution < -0.4 is 10.5 Å². The molecule has 17 heavy (non-hydrogen) atoms. The van der Waals surface area contributed by atoms with Crippen LogP contribution in [0.2, 0.25) is 0 Å². The number of benzene rings is 1. The lowest BCUT2D eigenvalue weighted by Gasteiger charge is -2.04. The second-order valence-electron chi connectivity index (χ2n) is 3.25. The van der Waals surface area contributed by atoms with Crippen LogP contribution in [0.1, 0.15) is 5.69 Å². The van der Waals surface area contributed by atoms with Crippen molar-refractivity contribution < 1.29 is 9.13 Å². The smallest absolute Gasteiger partial charge is 0.238 e. The average molecular weight is 298 g/mol. The van der Waals surface area contributed by atoms with E-state index in [2.05, 4.69) is 26.1 Å². The van der Waals surface area contributed by atoms with Gasteiger partial charge in [-0.15, -0.1) is 5.10 Å². The van der Waals surface area contributed by atoms with Crippen molar-refractivity contribution in [1.29, 1.82) is 0 Å². The Labute approximate surface area is 106 Å². The second kappa shape index (κ2) is 5.20. The molecule has 2 N–H and O–H groups in total. The summed E-state index contributed by atoms with van der Waals surface area (Å²) in [5.74, 6) is 0.262. The lowest BCUT2D eigenvalue weighted by Crippen LogP contribution is -2.01. The zero-order valence-electron chi connectivity index (χ0n) is 8.73. The normalized spacial score (nSPS) is 10.3. The van der Waals surface area contributed by atoms with Gasteiger partial charge in [0.25, 0.3) is 0 Å². The van der Waals surface area contributed by atoms with Crippen LogP contribution in [0.4, 0.5) is 4.39 Å². The summed E-state index contributed by atoms with van der Waals surface area (Å²) in [5, 5.41) is 7.64. The molecule has 2 rings (SSSR count). The first-order chi connectivity index (χ1) is 8.19. The van der Waals surface area contributed by atoms with Crippen LogP contribution in [0.5, 0.6) is 11.6 Å². The summed E-state index contributed by atoms with van der Waals surface area (Å²) in [6.07, 6.45) is 0. The average Bonchev–Trinajstić information content (AvgIpc) is 2.35. The summed E-state index contributed by atoms with van der Waals surface area (Å²) in [5.41, 5.74) is 6.06. The Balaban J connectivity index is 2.16. The number of ether oxygens (including phenoxy) is 1. The lowest BCUT2D eigenvalue weighted by atomic mass is 10.3. The monoisotopic (exact) mass is 297 g/mol. The minimum atomic E-state index is -0.394. The Kier molecular flexibility index (Phi) is 3.65. The maximum Gasteiger partial charge on any atom is 0.238 e. The topological polar surface area (TPSA) is 61.0 Å². The number of rotatable bonds is 3. The molecule has 0 aliphatic rings. The Morgan fingerprint density at radius 2 is 2.06 bits per heavy atom. The molecule has 0 saturated carbocycles. The van der Waals surface area contributed by atoms with Crippen molar-refractivity contribution in [3.05, 3.63) is 46.3 Å². The maximum atomic E-state index is 13.2. The van der Waals surface area contributed by atoms with Gasteiger partial charge in [-0.25, -0.2) is 4.39 Å². The molecular weight excluding hydrogens is 289 g/mol. The van der Waals surface area contributed by atoms with Gasteiger partial charge in [0.15, 0.2) is 0 Å². The van der Waals surface area contributed by atoms with Crippen LogP contribution in [0, 0.1) is 5.82 Å². The number of hydrogen-bond donors (Lipinski definition) is 1. The van der Waals surface area contributed by atoms with Crippen molar-refractivity contribution in [1.82, 2.24) is 10.2 Å². The van der Waals surface area contributed by atoms with Gasteiger partial charge in [-0.1, -0.05) is 0 Å². The zero-order chi connectivity index (χ0) is 12.3. The van der Waals surface area contributed by atoms with Crippen LogP contribution in [-0.2, 0) is 6.54 Å². The van der Waals surface area contributed by atoms with Crippen LogP contribution >= 0.6 is 15.9 Å². The molecular formula is C11H9BrFN3O. The van der Waals surface area contributed by atoms with Gasteiger partial charge in [-0.05, 0) is 34.1 Å². The number of nitrogens with zero attached hydrogens (tertiary/aromatic N) is 2. The van der Waals surface area contributed by atoms with Gasteiger partial charge in [0, 0.05) is 18.7 Å². The summed E-state index contributed by atoms with van der Waals surface area (Å²) in [4.78, 5) is 0. The van der Waals surface area contributed by atoms with Crippen LogP contribution in [0.3, 0.4) is 0 Å². The van der Waals surface area contributed by atoms with Gasteiger partial charge in [0.05, 0.1) is 10.2 Å². The van der Waals surface area contributed by atoms with Gasteiger partial charge in [0.1, 0.15) is 11.6 Å². The van der Waals surface area contributed by atoms with Crippen molar-refractivity contribution in [2.75, 3.05) is 0 Å². The van der Waals surface area contributed by atoms with E-state index >= 15 is 0 Å². The summed E-state index contributed by atoms with van der Waals surface area (Å²) < 4.78 is 18.9. The first-order valence-corrected chi connectivity index (χ1v) is 5.64. The third-order valence-corrected chi connectivity index (χ3v) is 2.66. The van der Waals surface area contributed by atoms with Crippen LogP contribution in [0.25, 0.3) is 0 Å². The molecule has 0 amide bonds. The van der Waals surface area contributed by atoms with Crippen LogP contribution in [0.15, 0.2) is 34.8 Å². The van der Waals surface area contributed by atoms with Gasteiger partial charge in [-0.2, -0.15) is 5.10 Å². The first-order valence-electron chi connectivity index (χ1n) is 4.84. The van der Waals surface area contributed by atoms with E-state index in [0.717, 1.165) is 0 Å². The van der Waals surface area contributed by atoms with Gasteiger partial charge in [-0.3, -0.25) is 0 Å². The summed E-state index contributed by atoms with van der Waals surface area (Å²) >= 11 is 3.06. The molecule has 0 saturated heterocycles. The molecule has 2 aromatic rings. The second-order valence-corrected chi connectivity index (χ2v) is 4.10. The number of aromatic nitrogens is 2. The molecule has 0 atom stereocenters. The van der Waals surface area contributed by atoms with Crippen molar-refractivity contribution >= 4 is 15.9 Å². The molecule has 88 valence electrons. The fraction of sp³-hybridized carbons (Fsp3) is 0.0909. The Hall–Kier alpha value is -1.53. The minimum absolute atomic E-state index is 0.295. The highest BCUT2D eigenvalue weighted by atomic mass is 79.9. The van der Waals surface area contributed by atoms with E-state index in [-0.39, 0.29) is 0 Å². The molecule has 0 unspecified atom stereocenters. The Morgan fingerprint density at radius 3 is 2.65 bits per heavy atom. The molecule has 0 spiro atoms. The predicted octanol–water partition coefficient (Wildman–Crippen LogP) is 2.63. The molecule has 1 aromatic carbocycles. The van der Waals surface area contributed by atoms with Gasteiger partial charge < -0.3 is 10.5 Å². The SMILES string of the molecule is NCc1ccc(Oc2ccc(Br)c(F)c2)nn1. The minimum Gasteiger partial charge on any atom is -0.437 e. The predicted molar refractivity (Wildman–Crippen MR) is 64.1 cm³/mol. The standard InChI is InChI=1S/C11H9BrFN3O/c12-9-3-2-8(5-10(9)13)17-11-4-1-7(6-14)15-16-11/h1-5H,6,14H2. The van der Waals surface area contributed by atoms with E-state index in [9.17, 15) is 4.39 Å². The number of nitrogens with two attached hydrogens (primary N) is 1. The third-order valence-electron chi connectivity index (χ3n) is 2.02. The molecule has 0 radical (unpaired) electrons. The molecule has 1 heterocycles. The fourth-order valence-corrected chi connectivity index (χ4v) is 1.42. The first kappa shape index (κ1) is 11.9. The number of hydrogen-bond acceptors (Lipinski definition) is 4. The van der Waals surface area contributed by atoms with Crippen molar-refractivity contribution in [2.45, 2.75) is 6.54 Å². The van der Waals surface area contributed by atoms with E-state index in [0.29, 0.717) is 28.3 Å². The Morgan fingerprint density at radius 1 is 1.24 bits per heavy atom. The highest BCUT2D eigenvalue weighted by Gasteiger charge is 2.04. The molecule has 1 aromatic heterocycles. The van der Waals surface area contributed by atoms with E-state index in [4.69, 9.17) is 10.5 Å². The van der Waals surface area contributed by atoms with E-state index < -0.39 is 5.82 Å². The molecule has 0 aliphatic heterocycles. The summed E-state index contributed by atoms with van der Waals surface area (Å²) in [6, 6.07) is 7.80. The van der Waals surface area contributed by atoms with Gasteiger partial charge in [0.2, 0.25) is 5.88 Å². The maximum absolute atomic E-state index is 13.2. The molecule has 0 bridgehead atoms. The van der Waals surface area contributed by atoms with Crippen molar-refractivity contribution in [3.63, 3.8) is 0 Å². The van der Waals surface area contributed by atoms with Crippen molar-refractivity contribution in [2.24, 2.45) is 5.73 Å². The molecule has 0 fully saturated rings. The molecule has 6 heteroatoms. The summed E-state index contributed by atoms with van der Waals surface area (Å²) in [6.45, 7) is 0.320. The highest BCUT2D eigenvalue weighted by Crippen LogP contribution is 2.24.